The minimum atomic E-state index is -3.62. The van der Waals surface area contributed by atoms with Crippen molar-refractivity contribution in [1.82, 2.24) is 10.0 Å². The van der Waals surface area contributed by atoms with Crippen molar-refractivity contribution in [1.29, 1.82) is 0 Å². The summed E-state index contributed by atoms with van der Waals surface area (Å²) in [5, 5.41) is 4.92. The highest BCUT2D eigenvalue weighted by Crippen LogP contribution is 2.23. The molecular weight excluding hydrogens is 364 g/mol. The summed E-state index contributed by atoms with van der Waals surface area (Å²) >= 11 is 4.85. The summed E-state index contributed by atoms with van der Waals surface area (Å²) in [5.74, 6) is 0.601. The molecule has 2 N–H and O–H groups in total. The Morgan fingerprint density at radius 1 is 1.30 bits per heavy atom. The van der Waals surface area contributed by atoms with Crippen molar-refractivity contribution < 1.29 is 12.8 Å². The Bertz CT molecular complexity index is 664. The van der Waals surface area contributed by atoms with Crippen LogP contribution in [0.5, 0.6) is 0 Å². The van der Waals surface area contributed by atoms with Crippen LogP contribution in [0.25, 0.3) is 0 Å². The molecule has 0 aliphatic rings. The number of hydrogen-bond acceptors (Lipinski definition) is 5. The molecule has 110 valence electrons. The zero-order valence-corrected chi connectivity index (χ0v) is 14.1. The number of furan rings is 1. The lowest BCUT2D eigenvalue weighted by Crippen LogP contribution is -2.22. The van der Waals surface area contributed by atoms with Crippen molar-refractivity contribution in [3.05, 3.63) is 38.7 Å². The van der Waals surface area contributed by atoms with Gasteiger partial charge in [-0.1, -0.05) is 6.92 Å². The molecule has 0 fully saturated rings. The number of hydrogen-bond donors (Lipinski definition) is 2. The van der Waals surface area contributed by atoms with E-state index in [1.165, 1.54) is 17.4 Å². The van der Waals surface area contributed by atoms with Crippen molar-refractivity contribution >= 4 is 37.3 Å². The SMILES string of the molecule is CCNCc1ccc(S(=O)(=O)NCc2sccc2Br)o1. The van der Waals surface area contributed by atoms with Crippen molar-refractivity contribution in [2.24, 2.45) is 0 Å². The average molecular weight is 379 g/mol. The molecule has 2 aromatic heterocycles. The fraction of sp³-hybridized carbons (Fsp3) is 0.333. The number of halogens is 1. The van der Waals surface area contributed by atoms with Crippen LogP contribution in [-0.2, 0) is 23.1 Å². The monoisotopic (exact) mass is 378 g/mol. The molecule has 2 rings (SSSR count). The molecule has 8 heteroatoms. The fourth-order valence-corrected chi connectivity index (χ4v) is 3.99. The average Bonchev–Trinajstić information content (AvgIpc) is 3.03. The first-order chi connectivity index (χ1) is 9.53. The van der Waals surface area contributed by atoms with Crippen LogP contribution in [0.1, 0.15) is 17.6 Å². The Kier molecular flexibility index (Phi) is 5.39. The first kappa shape index (κ1) is 15.7. The van der Waals surface area contributed by atoms with E-state index in [1.54, 1.807) is 6.07 Å². The maximum absolute atomic E-state index is 12.1. The molecule has 0 aliphatic heterocycles. The predicted molar refractivity (Wildman–Crippen MR) is 82.1 cm³/mol. The van der Waals surface area contributed by atoms with E-state index >= 15 is 0 Å². The van der Waals surface area contributed by atoms with E-state index in [0.29, 0.717) is 12.3 Å². The van der Waals surface area contributed by atoms with Crippen LogP contribution in [0.4, 0.5) is 0 Å². The van der Waals surface area contributed by atoms with Crippen LogP contribution in [0.2, 0.25) is 0 Å². The molecule has 0 unspecified atom stereocenters. The van der Waals surface area contributed by atoms with Gasteiger partial charge < -0.3 is 9.73 Å². The Labute approximate surface area is 130 Å². The zero-order chi connectivity index (χ0) is 14.6. The summed E-state index contributed by atoms with van der Waals surface area (Å²) in [6.45, 7) is 3.53. The molecule has 0 bridgehead atoms. The van der Waals surface area contributed by atoms with Gasteiger partial charge in [-0.3, -0.25) is 0 Å². The third-order valence-corrected chi connectivity index (χ3v) is 5.76. The molecular formula is C12H15BrN2O3S2. The molecule has 0 aromatic carbocycles. The molecule has 0 spiro atoms. The summed E-state index contributed by atoms with van der Waals surface area (Å²) in [6, 6.07) is 5.02. The maximum Gasteiger partial charge on any atom is 0.274 e. The first-order valence-electron chi connectivity index (χ1n) is 6.04. The van der Waals surface area contributed by atoms with Crippen LogP contribution in [0.15, 0.2) is 37.6 Å². The lowest BCUT2D eigenvalue weighted by molar-refractivity contribution is 0.401. The number of nitrogens with one attached hydrogen (secondary N) is 2. The predicted octanol–water partition coefficient (Wildman–Crippen LogP) is 2.69. The van der Waals surface area contributed by atoms with Gasteiger partial charge in [0.2, 0.25) is 5.09 Å². The van der Waals surface area contributed by atoms with E-state index < -0.39 is 10.0 Å². The quantitative estimate of drug-likeness (QED) is 0.776. The van der Waals surface area contributed by atoms with Crippen molar-refractivity contribution in [2.75, 3.05) is 6.54 Å². The van der Waals surface area contributed by atoms with Gasteiger partial charge in [0.15, 0.2) is 0 Å². The highest BCUT2D eigenvalue weighted by Gasteiger charge is 2.19. The van der Waals surface area contributed by atoms with Gasteiger partial charge >= 0.3 is 0 Å². The molecule has 0 aliphatic carbocycles. The topological polar surface area (TPSA) is 71.3 Å². The van der Waals surface area contributed by atoms with Crippen molar-refractivity contribution in [2.45, 2.75) is 25.1 Å². The van der Waals surface area contributed by atoms with Crippen LogP contribution >= 0.6 is 27.3 Å². The Balaban J connectivity index is 2.03. The van der Waals surface area contributed by atoms with Crippen LogP contribution in [0, 0.1) is 0 Å². The first-order valence-corrected chi connectivity index (χ1v) is 9.19. The molecule has 2 heterocycles. The van der Waals surface area contributed by atoms with Gasteiger partial charge in [0.1, 0.15) is 5.76 Å². The van der Waals surface area contributed by atoms with E-state index in [-0.39, 0.29) is 11.6 Å². The fourth-order valence-electron chi connectivity index (χ4n) is 1.53. The minimum Gasteiger partial charge on any atom is -0.447 e. The Morgan fingerprint density at radius 2 is 2.10 bits per heavy atom. The van der Waals surface area contributed by atoms with Gasteiger partial charge in [-0.05, 0) is 46.1 Å². The van der Waals surface area contributed by atoms with Crippen LogP contribution in [0.3, 0.4) is 0 Å². The number of rotatable bonds is 7. The molecule has 5 nitrogen and oxygen atoms in total. The molecule has 0 saturated heterocycles. The molecule has 0 saturated carbocycles. The van der Waals surface area contributed by atoms with E-state index in [0.717, 1.165) is 15.9 Å². The Morgan fingerprint density at radius 3 is 2.75 bits per heavy atom. The molecule has 20 heavy (non-hydrogen) atoms. The van der Waals surface area contributed by atoms with E-state index in [2.05, 4.69) is 26.0 Å². The van der Waals surface area contributed by atoms with Gasteiger partial charge in [-0.2, -0.15) is 0 Å². The number of sulfonamides is 1. The maximum atomic E-state index is 12.1. The van der Waals surface area contributed by atoms with E-state index in [9.17, 15) is 8.42 Å². The summed E-state index contributed by atoms with van der Waals surface area (Å²) in [4.78, 5) is 0.924. The second-order valence-electron chi connectivity index (χ2n) is 4.02. The third kappa shape index (κ3) is 3.92. The second-order valence-corrected chi connectivity index (χ2v) is 7.57. The highest BCUT2D eigenvalue weighted by atomic mass is 79.9. The van der Waals surface area contributed by atoms with Gasteiger partial charge in [0.25, 0.3) is 10.0 Å². The van der Waals surface area contributed by atoms with Crippen molar-refractivity contribution in [3.63, 3.8) is 0 Å². The second kappa shape index (κ2) is 6.86. The van der Waals surface area contributed by atoms with E-state index in [4.69, 9.17) is 4.42 Å². The smallest absolute Gasteiger partial charge is 0.274 e. The molecule has 2 aromatic rings. The normalized spacial score (nSPS) is 11.9. The number of thiophene rings is 1. The van der Waals surface area contributed by atoms with Gasteiger partial charge in [-0.15, -0.1) is 11.3 Å². The lowest BCUT2D eigenvalue weighted by atomic mass is 10.4. The van der Waals surface area contributed by atoms with Gasteiger partial charge in [0, 0.05) is 15.9 Å². The summed E-state index contributed by atoms with van der Waals surface area (Å²) in [5.41, 5.74) is 0. The van der Waals surface area contributed by atoms with Crippen molar-refractivity contribution in [3.8, 4) is 0 Å². The van der Waals surface area contributed by atoms with Gasteiger partial charge in [-0.25, -0.2) is 13.1 Å². The zero-order valence-electron chi connectivity index (χ0n) is 10.8. The minimum absolute atomic E-state index is 0.0573. The molecule has 0 amide bonds. The summed E-state index contributed by atoms with van der Waals surface area (Å²) < 4.78 is 32.9. The highest BCUT2D eigenvalue weighted by molar-refractivity contribution is 9.10. The van der Waals surface area contributed by atoms with Crippen LogP contribution < -0.4 is 10.0 Å². The van der Waals surface area contributed by atoms with Crippen LogP contribution in [-0.4, -0.2) is 15.0 Å². The lowest BCUT2D eigenvalue weighted by Gasteiger charge is -2.03. The summed E-state index contributed by atoms with van der Waals surface area (Å²) in [6.07, 6.45) is 0. The Hall–Kier alpha value is -0.670. The molecule has 0 atom stereocenters. The standard InChI is InChI=1S/C12H15BrN2O3S2/c1-2-14-7-9-3-4-12(18-9)20(16,17)15-8-11-10(13)5-6-19-11/h3-6,14-15H,2,7-8H2,1H3. The van der Waals surface area contributed by atoms with E-state index in [1.807, 2.05) is 18.4 Å². The molecule has 0 radical (unpaired) electrons. The largest absolute Gasteiger partial charge is 0.447 e. The van der Waals surface area contributed by atoms with Gasteiger partial charge in [0.05, 0.1) is 6.54 Å². The summed E-state index contributed by atoms with van der Waals surface area (Å²) in [7, 11) is -3.62. The third-order valence-electron chi connectivity index (χ3n) is 2.56.